The minimum atomic E-state index is -0.982. The van der Waals surface area contributed by atoms with Gasteiger partial charge in [-0.1, -0.05) is 31.6 Å². The van der Waals surface area contributed by atoms with E-state index in [2.05, 4.69) is 11.9 Å². The second-order valence-electron chi connectivity index (χ2n) is 14.6. The molecule has 256 valence electrons. The van der Waals surface area contributed by atoms with Crippen LogP contribution in [0.3, 0.4) is 0 Å². The van der Waals surface area contributed by atoms with E-state index in [0.717, 1.165) is 44.3 Å². The molecule has 2 bridgehead atoms. The molecule has 1 amide bonds. The maximum absolute atomic E-state index is 13.9. The zero-order valence-electron chi connectivity index (χ0n) is 28.4. The highest BCUT2D eigenvalue weighted by molar-refractivity contribution is 6.38. The van der Waals surface area contributed by atoms with E-state index >= 15 is 0 Å². The van der Waals surface area contributed by atoms with Crippen molar-refractivity contribution in [1.82, 2.24) is 10.2 Å². The first-order valence-electron chi connectivity index (χ1n) is 17.8. The van der Waals surface area contributed by atoms with Crippen molar-refractivity contribution in [3.05, 3.63) is 24.3 Å². The Morgan fingerprint density at radius 3 is 2.57 bits per heavy atom. The van der Waals surface area contributed by atoms with Crippen LogP contribution in [-0.2, 0) is 33.4 Å². The Morgan fingerprint density at radius 1 is 1.02 bits per heavy atom. The number of nitrogens with one attached hydrogen (secondary N) is 1. The summed E-state index contributed by atoms with van der Waals surface area (Å²) in [7, 11) is 0. The Labute approximate surface area is 275 Å². The highest BCUT2D eigenvalue weighted by Gasteiger charge is 2.49. The number of fused-ring (bicyclic) bond motifs is 3. The molecule has 9 heteroatoms. The van der Waals surface area contributed by atoms with Crippen LogP contribution in [0.5, 0.6) is 0 Å². The summed E-state index contributed by atoms with van der Waals surface area (Å²) < 4.78 is 11.9. The van der Waals surface area contributed by atoms with Crippen LogP contribution in [0.25, 0.3) is 0 Å². The molecule has 3 fully saturated rings. The van der Waals surface area contributed by atoms with Crippen LogP contribution in [-0.4, -0.2) is 72.7 Å². The van der Waals surface area contributed by atoms with Gasteiger partial charge in [0.2, 0.25) is 5.78 Å². The van der Waals surface area contributed by atoms with Crippen molar-refractivity contribution in [2.75, 3.05) is 26.2 Å². The molecule has 0 aromatic carbocycles. The molecule has 0 aromatic rings. The highest BCUT2D eigenvalue weighted by Crippen LogP contribution is 2.43. The van der Waals surface area contributed by atoms with Gasteiger partial charge in [-0.3, -0.25) is 19.2 Å². The van der Waals surface area contributed by atoms with Gasteiger partial charge < -0.3 is 19.7 Å². The zero-order valence-corrected chi connectivity index (χ0v) is 28.4. The predicted octanol–water partition coefficient (Wildman–Crippen LogP) is 5.51. The molecular formula is C37H56N2O7. The molecule has 0 radical (unpaired) electrons. The van der Waals surface area contributed by atoms with Crippen molar-refractivity contribution < 1.29 is 33.4 Å². The second-order valence-corrected chi connectivity index (χ2v) is 14.6. The molecule has 3 heterocycles. The summed E-state index contributed by atoms with van der Waals surface area (Å²) in [5, 5.41) is 3.46. The smallest absolute Gasteiger partial charge is 0.329 e. The minimum absolute atomic E-state index is 0.0591. The number of ketones is 2. The summed E-state index contributed by atoms with van der Waals surface area (Å²) in [6.45, 7) is 12.1. The fourth-order valence-electron chi connectivity index (χ4n) is 7.78. The Bertz CT molecular complexity index is 1160. The van der Waals surface area contributed by atoms with Gasteiger partial charge in [0.05, 0.1) is 12.5 Å². The summed E-state index contributed by atoms with van der Waals surface area (Å²) in [4.78, 5) is 69.1. The normalized spacial score (nSPS) is 35.7. The van der Waals surface area contributed by atoms with Crippen molar-refractivity contribution in [2.45, 2.75) is 123 Å². The highest BCUT2D eigenvalue weighted by atomic mass is 16.5. The number of nitrogens with zero attached hydrogens (tertiary/aromatic N) is 1. The number of amides is 1. The van der Waals surface area contributed by atoms with Gasteiger partial charge >= 0.3 is 11.9 Å². The van der Waals surface area contributed by atoms with Gasteiger partial charge in [0.25, 0.3) is 5.91 Å². The topological polar surface area (TPSA) is 119 Å². The summed E-state index contributed by atoms with van der Waals surface area (Å²) in [5.41, 5.74) is -0.0153. The molecule has 0 aromatic heterocycles. The molecule has 4 rings (SSSR count). The number of hydrogen-bond acceptors (Lipinski definition) is 8. The Hall–Kier alpha value is -2.81. The number of esters is 2. The summed E-state index contributed by atoms with van der Waals surface area (Å²) in [5.74, 6) is -2.21. The van der Waals surface area contributed by atoms with Gasteiger partial charge in [-0.05, 0) is 109 Å². The molecule has 7 atom stereocenters. The van der Waals surface area contributed by atoms with Crippen LogP contribution in [0.2, 0.25) is 0 Å². The fourth-order valence-corrected chi connectivity index (χ4v) is 7.78. The number of ether oxygens (including phenoxy) is 2. The van der Waals surface area contributed by atoms with Gasteiger partial charge in [-0.25, -0.2) is 4.79 Å². The molecule has 4 aliphatic rings. The van der Waals surface area contributed by atoms with Gasteiger partial charge in [-0.2, -0.15) is 0 Å². The number of carbonyl (C=O) groups is 5. The van der Waals surface area contributed by atoms with Crippen LogP contribution in [0.1, 0.15) is 111 Å². The van der Waals surface area contributed by atoms with Crippen molar-refractivity contribution in [3.8, 4) is 0 Å². The van der Waals surface area contributed by atoms with Crippen molar-refractivity contribution >= 4 is 29.4 Å². The monoisotopic (exact) mass is 640 g/mol. The molecule has 1 N–H and O–H groups in total. The molecule has 9 nitrogen and oxygen atoms in total. The van der Waals surface area contributed by atoms with E-state index in [0.29, 0.717) is 70.3 Å². The Morgan fingerprint density at radius 2 is 1.83 bits per heavy atom. The largest absolute Gasteiger partial charge is 0.465 e. The standard InChI is InChI=1S/C37H56N2O7/c1-5-9-28-22-25(2)17-21-45-35(43)29-16-18-37(4,23-29)33(41)34(42)39-20-7-6-11-30(39)36(44)46-32(26(3)12-14-31(28)40)15-13-27-10-8-19-38-24-27/h5,22,26-30,32,38H,1,6-21,23-24H2,2-4H3/b25-22+/t26?,27?,28?,29?,30-,32+,37-/m0/s1. The number of piperidine rings is 2. The maximum Gasteiger partial charge on any atom is 0.329 e. The lowest BCUT2D eigenvalue weighted by Gasteiger charge is -2.37. The number of allylic oxidation sites excluding steroid dienone is 2. The lowest BCUT2D eigenvalue weighted by Crippen LogP contribution is -2.53. The Balaban J connectivity index is 1.59. The fraction of sp³-hybridized carbons (Fsp3) is 0.757. The first-order chi connectivity index (χ1) is 22.0. The van der Waals surface area contributed by atoms with E-state index in [1.807, 2.05) is 19.9 Å². The van der Waals surface area contributed by atoms with Crippen LogP contribution in [0, 0.1) is 29.1 Å². The molecule has 3 aliphatic heterocycles. The van der Waals surface area contributed by atoms with Gasteiger partial charge in [0.1, 0.15) is 17.9 Å². The Kier molecular flexibility index (Phi) is 13.2. The zero-order chi connectivity index (χ0) is 33.3. The molecule has 1 saturated carbocycles. The van der Waals surface area contributed by atoms with E-state index in [1.165, 1.54) is 4.90 Å². The molecule has 2 saturated heterocycles. The quantitative estimate of drug-likeness (QED) is 0.238. The average molecular weight is 641 g/mol. The maximum atomic E-state index is 13.9. The molecule has 46 heavy (non-hydrogen) atoms. The number of Topliss-reactive ketones (excluding diaryl/α,β-unsaturated/α-hetero) is 2. The van der Waals surface area contributed by atoms with Crippen LogP contribution in [0.15, 0.2) is 24.3 Å². The van der Waals surface area contributed by atoms with Crippen molar-refractivity contribution in [1.29, 1.82) is 0 Å². The molecular weight excluding hydrogens is 584 g/mol. The lowest BCUT2D eigenvalue weighted by atomic mass is 9.82. The predicted molar refractivity (Wildman–Crippen MR) is 176 cm³/mol. The third-order valence-electron chi connectivity index (χ3n) is 10.9. The van der Waals surface area contributed by atoms with E-state index in [4.69, 9.17) is 9.47 Å². The summed E-state index contributed by atoms with van der Waals surface area (Å²) in [6, 6.07) is -0.817. The van der Waals surface area contributed by atoms with Gasteiger partial charge in [0, 0.05) is 30.7 Å². The van der Waals surface area contributed by atoms with E-state index in [-0.39, 0.29) is 36.6 Å². The second kappa shape index (κ2) is 16.8. The van der Waals surface area contributed by atoms with Crippen LogP contribution >= 0.6 is 0 Å². The van der Waals surface area contributed by atoms with Crippen LogP contribution < -0.4 is 5.32 Å². The molecule has 1 aliphatic carbocycles. The van der Waals surface area contributed by atoms with Crippen molar-refractivity contribution in [3.63, 3.8) is 0 Å². The van der Waals surface area contributed by atoms with Crippen LogP contribution in [0.4, 0.5) is 0 Å². The minimum Gasteiger partial charge on any atom is -0.465 e. The summed E-state index contributed by atoms with van der Waals surface area (Å²) >= 11 is 0. The third kappa shape index (κ3) is 9.39. The van der Waals surface area contributed by atoms with E-state index in [1.54, 1.807) is 13.0 Å². The molecule has 4 unspecified atom stereocenters. The SMILES string of the molecule is C=CCC1/C=C(\C)CCOC(=O)C2CC[C@@](C)(C2)C(=O)C(=O)N2CCCC[C@H]2C(=O)O[C@H](CCC2CCCNC2)C(C)CCC1=O. The van der Waals surface area contributed by atoms with Gasteiger partial charge in [0.15, 0.2) is 0 Å². The van der Waals surface area contributed by atoms with Crippen molar-refractivity contribution in [2.24, 2.45) is 29.1 Å². The first-order valence-corrected chi connectivity index (χ1v) is 17.8. The third-order valence-corrected chi connectivity index (χ3v) is 10.9. The lowest BCUT2D eigenvalue weighted by molar-refractivity contribution is -0.166. The molecule has 0 spiro atoms. The van der Waals surface area contributed by atoms with Gasteiger partial charge in [-0.15, -0.1) is 6.58 Å². The number of rotatable bonds is 5. The number of cyclic esters (lactones) is 2. The van der Waals surface area contributed by atoms with E-state index < -0.39 is 41.1 Å². The summed E-state index contributed by atoms with van der Waals surface area (Å²) in [6.07, 6.45) is 12.2. The van der Waals surface area contributed by atoms with E-state index in [9.17, 15) is 24.0 Å². The number of hydrogen-bond donors (Lipinski definition) is 1. The number of carbonyl (C=O) groups excluding carboxylic acids is 5. The average Bonchev–Trinajstić information content (AvgIpc) is 3.47. The first kappa shape index (κ1) is 36.0.